The van der Waals surface area contributed by atoms with Gasteiger partial charge in [-0.15, -0.1) is 11.3 Å². The highest BCUT2D eigenvalue weighted by molar-refractivity contribution is 7.99. The summed E-state index contributed by atoms with van der Waals surface area (Å²) < 4.78 is 5.72. The molecule has 0 aliphatic carbocycles. The Kier molecular flexibility index (Phi) is 4.87. The zero-order valence-corrected chi connectivity index (χ0v) is 13.8. The lowest BCUT2D eigenvalue weighted by atomic mass is 10.3. The van der Waals surface area contributed by atoms with Gasteiger partial charge in [0.25, 0.3) is 0 Å². The summed E-state index contributed by atoms with van der Waals surface area (Å²) in [5.41, 5.74) is 0.691. The van der Waals surface area contributed by atoms with Gasteiger partial charge in [0, 0.05) is 10.7 Å². The average Bonchev–Trinajstić information content (AvgIpc) is 3.16. The lowest BCUT2D eigenvalue weighted by Gasteiger charge is -2.04. The Hall–Kier alpha value is -1.69. The highest BCUT2D eigenvalue weighted by Gasteiger charge is 2.09. The van der Waals surface area contributed by atoms with Crippen molar-refractivity contribution in [2.45, 2.75) is 5.09 Å². The number of halogens is 1. The molecule has 1 N–H and O–H groups in total. The molecule has 0 aliphatic heterocycles. The molecular formula is C16H12ClNO2S2. The second-order valence-electron chi connectivity index (χ2n) is 4.44. The number of hydrogen-bond acceptors (Lipinski definition) is 4. The molecule has 3 nitrogen and oxygen atoms in total. The van der Waals surface area contributed by atoms with Crippen molar-refractivity contribution >= 4 is 46.3 Å². The molecule has 0 aliphatic rings. The summed E-state index contributed by atoms with van der Waals surface area (Å²) in [7, 11) is 0. The maximum Gasteiger partial charge on any atom is 0.234 e. The Morgan fingerprint density at radius 2 is 2.14 bits per heavy atom. The molecule has 0 saturated carbocycles. The van der Waals surface area contributed by atoms with E-state index in [-0.39, 0.29) is 11.7 Å². The van der Waals surface area contributed by atoms with Gasteiger partial charge in [0.05, 0.1) is 10.6 Å². The number of nitrogens with one attached hydrogen (secondary N) is 1. The molecule has 3 rings (SSSR count). The summed E-state index contributed by atoms with van der Waals surface area (Å²) in [5, 5.41) is 6.13. The van der Waals surface area contributed by atoms with E-state index in [0.29, 0.717) is 10.7 Å². The summed E-state index contributed by atoms with van der Waals surface area (Å²) in [4.78, 5) is 13.0. The third-order valence-corrected chi connectivity index (χ3v) is 4.83. The number of hydrogen-bond donors (Lipinski definition) is 1. The molecule has 1 amide bonds. The zero-order valence-electron chi connectivity index (χ0n) is 11.4. The molecule has 0 fully saturated rings. The van der Waals surface area contributed by atoms with Gasteiger partial charge in [-0.2, -0.15) is 0 Å². The first-order valence-corrected chi connectivity index (χ1v) is 8.77. The molecule has 0 saturated heterocycles. The second-order valence-corrected chi connectivity index (χ2v) is 6.81. The molecule has 22 heavy (non-hydrogen) atoms. The normalized spacial score (nSPS) is 10.6. The fourth-order valence-corrected chi connectivity index (χ4v) is 3.38. The Bertz CT molecular complexity index is 768. The average molecular weight is 350 g/mol. The van der Waals surface area contributed by atoms with E-state index < -0.39 is 0 Å². The standard InChI is InChI=1S/C16H12ClNO2S2/c17-11-3-1-4-12(9-11)18-15(19)10-22-16-7-6-13(20-16)14-5-2-8-21-14/h1-9H,10H2,(H,18,19). The Morgan fingerprint density at radius 1 is 1.23 bits per heavy atom. The number of furan rings is 1. The number of anilines is 1. The van der Waals surface area contributed by atoms with E-state index in [9.17, 15) is 4.79 Å². The molecule has 0 bridgehead atoms. The van der Waals surface area contributed by atoms with Crippen LogP contribution in [-0.4, -0.2) is 11.7 Å². The molecule has 112 valence electrons. The monoisotopic (exact) mass is 349 g/mol. The predicted molar refractivity (Wildman–Crippen MR) is 92.8 cm³/mol. The van der Waals surface area contributed by atoms with Crippen LogP contribution in [0.2, 0.25) is 5.02 Å². The molecule has 0 spiro atoms. The molecule has 2 aromatic heterocycles. The Morgan fingerprint density at radius 3 is 2.91 bits per heavy atom. The highest BCUT2D eigenvalue weighted by Crippen LogP contribution is 2.30. The SMILES string of the molecule is O=C(CSc1ccc(-c2cccs2)o1)Nc1cccc(Cl)c1. The van der Waals surface area contributed by atoms with Crippen molar-refractivity contribution < 1.29 is 9.21 Å². The van der Waals surface area contributed by atoms with Crippen LogP contribution in [0.4, 0.5) is 5.69 Å². The van der Waals surface area contributed by atoms with Crippen molar-refractivity contribution in [2.24, 2.45) is 0 Å². The van der Waals surface area contributed by atoms with Crippen LogP contribution in [0.3, 0.4) is 0 Å². The fourth-order valence-electron chi connectivity index (χ4n) is 1.85. The van der Waals surface area contributed by atoms with Crippen LogP contribution in [0, 0.1) is 0 Å². The number of thioether (sulfide) groups is 1. The highest BCUT2D eigenvalue weighted by atomic mass is 35.5. The van der Waals surface area contributed by atoms with Crippen molar-refractivity contribution in [3.05, 3.63) is 58.9 Å². The second kappa shape index (κ2) is 7.05. The van der Waals surface area contributed by atoms with E-state index in [1.54, 1.807) is 35.6 Å². The van der Waals surface area contributed by atoms with E-state index in [2.05, 4.69) is 5.32 Å². The first-order valence-electron chi connectivity index (χ1n) is 6.52. The van der Waals surface area contributed by atoms with Gasteiger partial charge >= 0.3 is 0 Å². The number of rotatable bonds is 5. The largest absolute Gasteiger partial charge is 0.449 e. The van der Waals surface area contributed by atoms with Gasteiger partial charge in [-0.05, 0) is 41.8 Å². The van der Waals surface area contributed by atoms with E-state index >= 15 is 0 Å². The van der Waals surface area contributed by atoms with Crippen molar-refractivity contribution in [1.82, 2.24) is 0 Å². The fraction of sp³-hybridized carbons (Fsp3) is 0.0625. The van der Waals surface area contributed by atoms with E-state index in [0.717, 1.165) is 15.7 Å². The lowest BCUT2D eigenvalue weighted by Crippen LogP contribution is -2.13. The molecular weight excluding hydrogens is 338 g/mol. The van der Waals surface area contributed by atoms with Crippen LogP contribution in [0.25, 0.3) is 10.6 Å². The van der Waals surface area contributed by atoms with Gasteiger partial charge in [-0.3, -0.25) is 4.79 Å². The van der Waals surface area contributed by atoms with Crippen molar-refractivity contribution in [1.29, 1.82) is 0 Å². The molecule has 0 radical (unpaired) electrons. The van der Waals surface area contributed by atoms with Crippen LogP contribution in [0.1, 0.15) is 0 Å². The van der Waals surface area contributed by atoms with E-state index in [1.165, 1.54) is 11.8 Å². The van der Waals surface area contributed by atoms with Crippen molar-refractivity contribution in [3.8, 4) is 10.6 Å². The van der Waals surface area contributed by atoms with Gasteiger partial charge < -0.3 is 9.73 Å². The maximum absolute atomic E-state index is 11.9. The molecule has 3 aromatic rings. The minimum atomic E-state index is -0.0960. The van der Waals surface area contributed by atoms with Crippen LogP contribution >= 0.6 is 34.7 Å². The minimum absolute atomic E-state index is 0.0960. The minimum Gasteiger partial charge on any atom is -0.449 e. The van der Waals surface area contributed by atoms with Crippen molar-refractivity contribution in [3.63, 3.8) is 0 Å². The Labute approximate surface area is 141 Å². The topological polar surface area (TPSA) is 42.2 Å². The Balaban J connectivity index is 1.55. The molecule has 0 atom stereocenters. The number of thiophene rings is 1. The van der Waals surface area contributed by atoms with Gasteiger partial charge in [0.15, 0.2) is 5.09 Å². The zero-order chi connectivity index (χ0) is 15.4. The summed E-state index contributed by atoms with van der Waals surface area (Å²) in [6, 6.07) is 14.9. The molecule has 1 aromatic carbocycles. The van der Waals surface area contributed by atoms with Gasteiger partial charge in [0.1, 0.15) is 5.76 Å². The quantitative estimate of drug-likeness (QED) is 0.628. The van der Waals surface area contributed by atoms with E-state index in [1.807, 2.05) is 29.6 Å². The lowest BCUT2D eigenvalue weighted by molar-refractivity contribution is -0.113. The predicted octanol–water partition coefficient (Wildman–Crippen LogP) is 5.39. The van der Waals surface area contributed by atoms with Crippen LogP contribution < -0.4 is 5.32 Å². The van der Waals surface area contributed by atoms with E-state index in [4.69, 9.17) is 16.0 Å². The maximum atomic E-state index is 11.9. The van der Waals surface area contributed by atoms with Gasteiger partial charge in [0.2, 0.25) is 5.91 Å². The third-order valence-electron chi connectivity index (χ3n) is 2.80. The molecule has 2 heterocycles. The number of amides is 1. The summed E-state index contributed by atoms with van der Waals surface area (Å²) in [6.07, 6.45) is 0. The summed E-state index contributed by atoms with van der Waals surface area (Å²) in [6.45, 7) is 0. The smallest absolute Gasteiger partial charge is 0.234 e. The van der Waals surface area contributed by atoms with Crippen LogP contribution in [0.15, 0.2) is 63.4 Å². The van der Waals surface area contributed by atoms with Crippen LogP contribution in [0.5, 0.6) is 0 Å². The number of carbonyl (C=O) groups is 1. The number of benzene rings is 1. The van der Waals surface area contributed by atoms with Gasteiger partial charge in [-0.25, -0.2) is 0 Å². The summed E-state index contributed by atoms with van der Waals surface area (Å²) >= 11 is 8.87. The molecule has 6 heteroatoms. The third kappa shape index (κ3) is 3.94. The summed E-state index contributed by atoms with van der Waals surface area (Å²) in [5.74, 6) is 1.01. The van der Waals surface area contributed by atoms with Crippen molar-refractivity contribution in [2.75, 3.05) is 11.1 Å². The van der Waals surface area contributed by atoms with Crippen LogP contribution in [-0.2, 0) is 4.79 Å². The van der Waals surface area contributed by atoms with Gasteiger partial charge in [-0.1, -0.05) is 35.5 Å². The number of carbonyl (C=O) groups excluding carboxylic acids is 1. The first kappa shape index (κ1) is 15.2. The first-order chi connectivity index (χ1) is 10.7. The molecule has 0 unspecified atom stereocenters.